The lowest BCUT2D eigenvalue weighted by atomic mass is 9.96. The molecule has 164 valence electrons. The maximum absolute atomic E-state index is 2.45. The Morgan fingerprint density at radius 3 is 1.27 bits per heavy atom. The first-order chi connectivity index (χ1) is 14.9. The topological polar surface area (TPSA) is 0 Å². The van der Waals surface area contributed by atoms with Crippen molar-refractivity contribution in [2.75, 3.05) is 0 Å². The van der Waals surface area contributed by atoms with Crippen LogP contribution in [0.5, 0.6) is 0 Å². The predicted octanol–water partition coefficient (Wildman–Crippen LogP) is 9.99. The molecule has 0 heteroatoms. The van der Waals surface area contributed by atoms with E-state index in [2.05, 4.69) is 73.7 Å². The lowest BCUT2D eigenvalue weighted by molar-refractivity contribution is 0.536. The molecule has 2 aromatic rings. The van der Waals surface area contributed by atoms with E-state index in [4.69, 9.17) is 0 Å². The van der Waals surface area contributed by atoms with Crippen LogP contribution < -0.4 is 0 Å². The van der Waals surface area contributed by atoms with E-state index in [-0.39, 0.29) is 0 Å². The van der Waals surface area contributed by atoms with Crippen molar-refractivity contribution in [3.05, 3.63) is 77.9 Å². The molecule has 0 spiro atoms. The molecule has 0 aliphatic heterocycles. The summed E-state index contributed by atoms with van der Waals surface area (Å²) in [6.45, 7) is 2.30. The number of allylic oxidation sites excluding steroid dienone is 1. The SMILES string of the molecule is CCCCCCCCCCCCCCCCC=C(c1ccccc1)c1ccccc1. The van der Waals surface area contributed by atoms with Gasteiger partial charge in [-0.25, -0.2) is 0 Å². The molecule has 0 aliphatic carbocycles. The second-order valence-electron chi connectivity index (χ2n) is 8.73. The van der Waals surface area contributed by atoms with Gasteiger partial charge in [0, 0.05) is 0 Å². The third-order valence-corrected chi connectivity index (χ3v) is 6.08. The highest BCUT2D eigenvalue weighted by atomic mass is 14.1. The summed E-state index contributed by atoms with van der Waals surface area (Å²) in [7, 11) is 0. The fourth-order valence-electron chi connectivity index (χ4n) is 4.22. The first-order valence-electron chi connectivity index (χ1n) is 12.7. The lowest BCUT2D eigenvalue weighted by Crippen LogP contribution is -1.88. The second kappa shape index (κ2) is 16.9. The summed E-state index contributed by atoms with van der Waals surface area (Å²) in [5.41, 5.74) is 4.04. The largest absolute Gasteiger partial charge is 0.0761 e. The molecule has 0 saturated carbocycles. The Kier molecular flexibility index (Phi) is 13.8. The molecule has 0 N–H and O–H groups in total. The number of hydrogen-bond acceptors (Lipinski definition) is 0. The predicted molar refractivity (Wildman–Crippen MR) is 135 cm³/mol. The van der Waals surface area contributed by atoms with E-state index in [0.717, 1.165) is 0 Å². The van der Waals surface area contributed by atoms with Gasteiger partial charge >= 0.3 is 0 Å². The number of unbranched alkanes of at least 4 members (excludes halogenated alkanes) is 14. The number of rotatable bonds is 17. The summed E-state index contributed by atoms with van der Waals surface area (Å²) in [4.78, 5) is 0. The van der Waals surface area contributed by atoms with Gasteiger partial charge in [0.05, 0.1) is 0 Å². The molecule has 2 rings (SSSR count). The smallest absolute Gasteiger partial charge is 0.0151 e. The molecule has 30 heavy (non-hydrogen) atoms. The Balaban J connectivity index is 1.55. The molecule has 0 amide bonds. The highest BCUT2D eigenvalue weighted by Gasteiger charge is 2.03. The summed E-state index contributed by atoms with van der Waals surface area (Å²) in [6, 6.07) is 21.6. The van der Waals surface area contributed by atoms with Crippen LogP contribution in [-0.2, 0) is 0 Å². The van der Waals surface area contributed by atoms with Gasteiger partial charge in [0.2, 0.25) is 0 Å². The van der Waals surface area contributed by atoms with E-state index < -0.39 is 0 Å². The Labute approximate surface area is 186 Å². The Bertz CT molecular complexity index is 611. The minimum atomic E-state index is 1.18. The van der Waals surface area contributed by atoms with Crippen molar-refractivity contribution in [2.24, 2.45) is 0 Å². The molecule has 0 bridgehead atoms. The van der Waals surface area contributed by atoms with Crippen LogP contribution in [0.15, 0.2) is 66.7 Å². The van der Waals surface area contributed by atoms with Crippen molar-refractivity contribution in [1.82, 2.24) is 0 Å². The quantitative estimate of drug-likeness (QED) is 0.230. The summed E-state index contributed by atoms with van der Waals surface area (Å²) in [5, 5.41) is 0. The Morgan fingerprint density at radius 2 is 0.867 bits per heavy atom. The van der Waals surface area contributed by atoms with Crippen LogP contribution in [0.3, 0.4) is 0 Å². The lowest BCUT2D eigenvalue weighted by Gasteiger charge is -2.09. The highest BCUT2D eigenvalue weighted by Crippen LogP contribution is 2.24. The van der Waals surface area contributed by atoms with Crippen LogP contribution in [0.25, 0.3) is 5.57 Å². The molecule has 0 nitrogen and oxygen atoms in total. The van der Waals surface area contributed by atoms with Gasteiger partial charge in [-0.1, -0.05) is 157 Å². The molecule has 0 unspecified atom stereocenters. The Hall–Kier alpha value is -1.82. The van der Waals surface area contributed by atoms with Crippen molar-refractivity contribution in [3.8, 4) is 0 Å². The summed E-state index contributed by atoms with van der Waals surface area (Å²) >= 11 is 0. The maximum Gasteiger partial charge on any atom is -0.0151 e. The van der Waals surface area contributed by atoms with Gasteiger partial charge in [0.1, 0.15) is 0 Å². The van der Waals surface area contributed by atoms with Crippen LogP contribution in [-0.4, -0.2) is 0 Å². The van der Waals surface area contributed by atoms with Crippen LogP contribution in [0.4, 0.5) is 0 Å². The molecule has 0 saturated heterocycles. The molecule has 2 aromatic carbocycles. The van der Waals surface area contributed by atoms with Crippen molar-refractivity contribution >= 4 is 5.57 Å². The van der Waals surface area contributed by atoms with E-state index in [0.29, 0.717) is 0 Å². The van der Waals surface area contributed by atoms with E-state index in [1.807, 2.05) is 0 Å². The van der Waals surface area contributed by atoms with Gasteiger partial charge in [0.25, 0.3) is 0 Å². The Morgan fingerprint density at radius 1 is 0.500 bits per heavy atom. The second-order valence-corrected chi connectivity index (χ2v) is 8.73. The van der Waals surface area contributed by atoms with E-state index in [9.17, 15) is 0 Å². The zero-order chi connectivity index (χ0) is 21.1. The summed E-state index contributed by atoms with van der Waals surface area (Å²) < 4.78 is 0. The van der Waals surface area contributed by atoms with Crippen molar-refractivity contribution in [3.63, 3.8) is 0 Å². The molecule has 0 atom stereocenters. The van der Waals surface area contributed by atoms with Gasteiger partial charge in [-0.05, 0) is 29.5 Å². The van der Waals surface area contributed by atoms with Crippen molar-refractivity contribution in [1.29, 1.82) is 0 Å². The fourth-order valence-corrected chi connectivity index (χ4v) is 4.22. The van der Waals surface area contributed by atoms with Gasteiger partial charge in [-0.2, -0.15) is 0 Å². The third-order valence-electron chi connectivity index (χ3n) is 6.08. The molecule has 0 aliphatic rings. The molecule has 0 radical (unpaired) electrons. The molecule has 0 fully saturated rings. The van der Waals surface area contributed by atoms with Crippen molar-refractivity contribution in [2.45, 2.75) is 103 Å². The van der Waals surface area contributed by atoms with E-state index in [1.54, 1.807) is 0 Å². The normalized spacial score (nSPS) is 10.8. The van der Waals surface area contributed by atoms with Crippen LogP contribution in [0.2, 0.25) is 0 Å². The highest BCUT2D eigenvalue weighted by molar-refractivity contribution is 5.79. The van der Waals surface area contributed by atoms with Crippen LogP contribution >= 0.6 is 0 Å². The first kappa shape index (κ1) is 24.4. The number of benzene rings is 2. The van der Waals surface area contributed by atoms with Gasteiger partial charge < -0.3 is 0 Å². The fraction of sp³-hybridized carbons (Fsp3) is 0.533. The van der Waals surface area contributed by atoms with Gasteiger partial charge in [0.15, 0.2) is 0 Å². The maximum atomic E-state index is 2.45. The monoisotopic (exact) mass is 404 g/mol. The minimum Gasteiger partial charge on any atom is -0.0761 e. The standard InChI is InChI=1S/C30H44/c1-2-3-4-5-6-7-8-9-10-11-12-13-14-15-22-27-30(28-23-18-16-19-24-28)29-25-20-17-21-26-29/h16-21,23-27H,2-15,22H2,1H3. The summed E-state index contributed by atoms with van der Waals surface area (Å²) in [5.74, 6) is 0. The molecular formula is C30H44. The average molecular weight is 405 g/mol. The zero-order valence-electron chi connectivity index (χ0n) is 19.5. The van der Waals surface area contributed by atoms with Gasteiger partial charge in [-0.15, -0.1) is 0 Å². The minimum absolute atomic E-state index is 1.18. The van der Waals surface area contributed by atoms with Gasteiger partial charge in [-0.3, -0.25) is 0 Å². The third kappa shape index (κ3) is 10.8. The molecular weight excluding hydrogens is 360 g/mol. The molecule has 0 heterocycles. The first-order valence-corrected chi connectivity index (χ1v) is 12.7. The van der Waals surface area contributed by atoms with E-state index in [1.165, 1.54) is 113 Å². The van der Waals surface area contributed by atoms with Crippen molar-refractivity contribution < 1.29 is 0 Å². The number of hydrogen-bond donors (Lipinski definition) is 0. The average Bonchev–Trinajstić information content (AvgIpc) is 2.80. The van der Waals surface area contributed by atoms with Crippen LogP contribution in [0.1, 0.15) is 114 Å². The van der Waals surface area contributed by atoms with E-state index >= 15 is 0 Å². The summed E-state index contributed by atoms with van der Waals surface area (Å²) in [6.07, 6.45) is 23.5. The molecule has 0 aromatic heterocycles. The zero-order valence-corrected chi connectivity index (χ0v) is 19.5. The van der Waals surface area contributed by atoms with Crippen LogP contribution in [0, 0.1) is 0 Å².